The molecule has 1 unspecified atom stereocenters. The van der Waals surface area contributed by atoms with Gasteiger partial charge in [0.05, 0.1) is 12.2 Å². The van der Waals surface area contributed by atoms with Crippen LogP contribution in [0.1, 0.15) is 31.0 Å². The van der Waals surface area contributed by atoms with E-state index in [1.165, 1.54) is 11.0 Å². The van der Waals surface area contributed by atoms with E-state index in [0.29, 0.717) is 30.8 Å². The Labute approximate surface area is 145 Å². The number of nitrogens with one attached hydrogen (secondary N) is 1. The third kappa shape index (κ3) is 3.40. The van der Waals surface area contributed by atoms with Crippen LogP contribution in [-0.4, -0.2) is 27.6 Å². The van der Waals surface area contributed by atoms with E-state index in [1.807, 2.05) is 19.9 Å². The molecule has 6 nitrogen and oxygen atoms in total. The second-order valence-electron chi connectivity index (χ2n) is 6.11. The maximum atomic E-state index is 13.7. The van der Waals surface area contributed by atoms with E-state index < -0.39 is 6.04 Å². The van der Waals surface area contributed by atoms with Crippen LogP contribution in [-0.2, 0) is 22.7 Å². The smallest absolute Gasteiger partial charge is 0.243 e. The van der Waals surface area contributed by atoms with Gasteiger partial charge in [0.15, 0.2) is 0 Å². The summed E-state index contributed by atoms with van der Waals surface area (Å²) in [5, 5.41) is 7.10. The first-order valence-electron chi connectivity index (χ1n) is 8.39. The van der Waals surface area contributed by atoms with Crippen molar-refractivity contribution in [3.8, 4) is 0 Å². The first-order chi connectivity index (χ1) is 12.0. The second-order valence-corrected chi connectivity index (χ2v) is 6.11. The van der Waals surface area contributed by atoms with E-state index in [4.69, 9.17) is 0 Å². The Morgan fingerprint density at radius 3 is 2.88 bits per heavy atom. The predicted octanol–water partition coefficient (Wildman–Crippen LogP) is 2.16. The third-order valence-corrected chi connectivity index (χ3v) is 4.35. The Morgan fingerprint density at radius 2 is 2.16 bits per heavy atom. The highest BCUT2D eigenvalue weighted by atomic mass is 19.1. The molecule has 132 valence electrons. The van der Waals surface area contributed by atoms with Gasteiger partial charge in [-0.25, -0.2) is 9.07 Å². The lowest BCUT2D eigenvalue weighted by Crippen LogP contribution is -2.52. The number of amides is 2. The number of hydrogen-bond donors (Lipinski definition) is 1. The monoisotopic (exact) mass is 344 g/mol. The number of aromatic nitrogens is 2. The minimum Gasteiger partial charge on any atom is -0.350 e. The third-order valence-electron chi connectivity index (χ3n) is 4.35. The van der Waals surface area contributed by atoms with E-state index in [2.05, 4.69) is 10.4 Å². The molecule has 0 spiro atoms. The number of rotatable bonds is 5. The number of benzene rings is 1. The van der Waals surface area contributed by atoms with Crippen LogP contribution in [0.5, 0.6) is 0 Å². The summed E-state index contributed by atoms with van der Waals surface area (Å²) in [6, 6.07) is 7.47. The standard InChI is InChI=1S/C18H21FN4O2/c1-3-15(18(25)20-11-13-6-4-5-7-14(13)19)23-16-10-12(2)21-22(16)9-8-17(23)24/h4-7,10,15H,3,8-9,11H2,1-2H3,(H,20,25). The zero-order valence-electron chi connectivity index (χ0n) is 14.3. The van der Waals surface area contributed by atoms with Crippen molar-refractivity contribution in [2.45, 2.75) is 45.8 Å². The molecule has 0 bridgehead atoms. The summed E-state index contributed by atoms with van der Waals surface area (Å²) in [6.07, 6.45) is 0.768. The van der Waals surface area contributed by atoms with Crippen molar-refractivity contribution in [2.75, 3.05) is 4.90 Å². The van der Waals surface area contributed by atoms with E-state index in [1.54, 1.807) is 22.9 Å². The molecule has 2 heterocycles. The van der Waals surface area contributed by atoms with Crippen molar-refractivity contribution >= 4 is 17.6 Å². The maximum Gasteiger partial charge on any atom is 0.243 e. The molecule has 0 saturated heterocycles. The summed E-state index contributed by atoms with van der Waals surface area (Å²) in [5.74, 6) is -0.119. The number of anilines is 1. The van der Waals surface area contributed by atoms with E-state index in [9.17, 15) is 14.0 Å². The number of fused-ring (bicyclic) bond motifs is 1. The lowest BCUT2D eigenvalue weighted by molar-refractivity contribution is -0.127. The van der Waals surface area contributed by atoms with Gasteiger partial charge in [0.1, 0.15) is 17.7 Å². The van der Waals surface area contributed by atoms with Crippen molar-refractivity contribution in [1.82, 2.24) is 15.1 Å². The van der Waals surface area contributed by atoms with Gasteiger partial charge < -0.3 is 5.32 Å². The lowest BCUT2D eigenvalue weighted by atomic mass is 10.1. The Morgan fingerprint density at radius 1 is 1.40 bits per heavy atom. The van der Waals surface area contributed by atoms with Gasteiger partial charge >= 0.3 is 0 Å². The van der Waals surface area contributed by atoms with Gasteiger partial charge in [0.2, 0.25) is 11.8 Å². The molecule has 0 fully saturated rings. The van der Waals surface area contributed by atoms with Crippen LogP contribution >= 0.6 is 0 Å². The van der Waals surface area contributed by atoms with E-state index >= 15 is 0 Å². The van der Waals surface area contributed by atoms with E-state index in [0.717, 1.165) is 5.69 Å². The highest BCUT2D eigenvalue weighted by Gasteiger charge is 2.34. The van der Waals surface area contributed by atoms with Crippen molar-refractivity contribution in [3.63, 3.8) is 0 Å². The predicted molar refractivity (Wildman–Crippen MR) is 91.4 cm³/mol. The molecular formula is C18H21FN4O2. The minimum atomic E-state index is -0.644. The molecule has 1 atom stereocenters. The summed E-state index contributed by atoms with van der Waals surface area (Å²) in [5.41, 5.74) is 1.22. The van der Waals surface area contributed by atoms with Crippen LogP contribution in [0.4, 0.5) is 10.2 Å². The molecular weight excluding hydrogens is 323 g/mol. The van der Waals surface area contributed by atoms with Crippen molar-refractivity contribution in [3.05, 3.63) is 47.4 Å². The molecule has 1 aromatic heterocycles. The number of halogens is 1. The molecule has 1 N–H and O–H groups in total. The van der Waals surface area contributed by atoms with Gasteiger partial charge in [-0.05, 0) is 19.4 Å². The zero-order chi connectivity index (χ0) is 18.0. The number of nitrogens with zero attached hydrogens (tertiary/aromatic N) is 3. The van der Waals surface area contributed by atoms with Crippen molar-refractivity contribution in [1.29, 1.82) is 0 Å². The first kappa shape index (κ1) is 17.1. The molecule has 3 rings (SSSR count). The van der Waals surface area contributed by atoms with Crippen LogP contribution in [0.15, 0.2) is 30.3 Å². The number of hydrogen-bond acceptors (Lipinski definition) is 3. The molecule has 1 aliphatic heterocycles. The fourth-order valence-corrected chi connectivity index (χ4v) is 3.10. The zero-order valence-corrected chi connectivity index (χ0v) is 14.3. The van der Waals surface area contributed by atoms with Crippen molar-refractivity contribution in [2.24, 2.45) is 0 Å². The summed E-state index contributed by atoms with van der Waals surface area (Å²) in [6.45, 7) is 4.31. The normalized spacial score (nSPS) is 15.0. The Balaban J connectivity index is 1.78. The molecule has 2 aromatic rings. The van der Waals surface area contributed by atoms with Gasteiger partial charge in [-0.15, -0.1) is 0 Å². The van der Waals surface area contributed by atoms with Crippen LogP contribution < -0.4 is 10.2 Å². The Hall–Kier alpha value is -2.70. The lowest BCUT2D eigenvalue weighted by Gasteiger charge is -2.33. The Bertz CT molecular complexity index is 802. The van der Waals surface area contributed by atoms with Crippen molar-refractivity contribution < 1.29 is 14.0 Å². The van der Waals surface area contributed by atoms with Crippen LogP contribution in [0.25, 0.3) is 0 Å². The quantitative estimate of drug-likeness (QED) is 0.904. The summed E-state index contributed by atoms with van der Waals surface area (Å²) >= 11 is 0. The van der Waals surface area contributed by atoms with Gasteiger partial charge in [-0.3, -0.25) is 14.5 Å². The molecule has 0 aliphatic carbocycles. The van der Waals surface area contributed by atoms with Crippen LogP contribution in [0.3, 0.4) is 0 Å². The molecule has 2 amide bonds. The summed E-state index contributed by atoms with van der Waals surface area (Å²) in [4.78, 5) is 26.6. The van der Waals surface area contributed by atoms with Gasteiger partial charge in [0.25, 0.3) is 0 Å². The average molecular weight is 344 g/mol. The van der Waals surface area contributed by atoms with Gasteiger partial charge in [0, 0.05) is 24.6 Å². The second kappa shape index (κ2) is 7.04. The summed E-state index contributed by atoms with van der Waals surface area (Å²) < 4.78 is 15.5. The summed E-state index contributed by atoms with van der Waals surface area (Å²) in [7, 11) is 0. The van der Waals surface area contributed by atoms with Crippen LogP contribution in [0.2, 0.25) is 0 Å². The molecule has 7 heteroatoms. The number of carbonyl (C=O) groups is 2. The number of carbonyl (C=O) groups excluding carboxylic acids is 2. The molecule has 0 radical (unpaired) electrons. The van der Waals surface area contributed by atoms with Crippen LogP contribution in [0, 0.1) is 12.7 Å². The average Bonchev–Trinajstić information content (AvgIpc) is 2.97. The Kier molecular flexibility index (Phi) is 4.83. The topological polar surface area (TPSA) is 67.2 Å². The molecule has 1 aromatic carbocycles. The first-order valence-corrected chi connectivity index (χ1v) is 8.39. The molecule has 1 aliphatic rings. The van der Waals surface area contributed by atoms with E-state index in [-0.39, 0.29) is 24.2 Å². The minimum absolute atomic E-state index is 0.0856. The fraction of sp³-hybridized carbons (Fsp3) is 0.389. The molecule has 0 saturated carbocycles. The SMILES string of the molecule is CCC(C(=O)NCc1ccccc1F)N1C(=O)CCn2nc(C)cc21. The highest BCUT2D eigenvalue weighted by molar-refractivity contribution is 6.00. The largest absolute Gasteiger partial charge is 0.350 e. The van der Waals surface area contributed by atoms with Gasteiger partial charge in [-0.2, -0.15) is 5.10 Å². The highest BCUT2D eigenvalue weighted by Crippen LogP contribution is 2.26. The maximum absolute atomic E-state index is 13.7. The fourth-order valence-electron chi connectivity index (χ4n) is 3.10. The number of aryl methyl sites for hydroxylation is 2. The molecule has 25 heavy (non-hydrogen) atoms. The van der Waals surface area contributed by atoms with Gasteiger partial charge in [-0.1, -0.05) is 25.1 Å².